The maximum absolute atomic E-state index is 3.82. The molecule has 0 heterocycles. The van der Waals surface area contributed by atoms with Crippen molar-refractivity contribution in [3.63, 3.8) is 0 Å². The highest BCUT2D eigenvalue weighted by Crippen LogP contribution is 1.89. The first-order valence-corrected chi connectivity index (χ1v) is 3.02. The molecule has 0 atom stereocenters. The molecule has 44 valence electrons. The molecule has 0 aromatic heterocycles. The van der Waals surface area contributed by atoms with Gasteiger partial charge in [0.05, 0.1) is 4.62 Å². The van der Waals surface area contributed by atoms with E-state index in [1.807, 2.05) is 12.2 Å². The molecule has 2 heteroatoms. The lowest BCUT2D eigenvalue weighted by atomic mass is 10.5. The van der Waals surface area contributed by atoms with Gasteiger partial charge in [0, 0.05) is 7.05 Å². The average molecular weight is 174 g/mol. The van der Waals surface area contributed by atoms with Crippen molar-refractivity contribution in [1.82, 2.24) is 0 Å². The van der Waals surface area contributed by atoms with Crippen molar-refractivity contribution in [3.8, 4) is 0 Å². The summed E-state index contributed by atoms with van der Waals surface area (Å²) in [6.07, 6.45) is 5.34. The van der Waals surface area contributed by atoms with Crippen molar-refractivity contribution in [3.05, 3.63) is 24.8 Å². The number of allylic oxidation sites excluding steroid dienone is 3. The largest absolute Gasteiger partial charge is 0.281 e. The lowest BCUT2D eigenvalue weighted by Gasteiger charge is -1.78. The van der Waals surface area contributed by atoms with Gasteiger partial charge in [0.25, 0.3) is 0 Å². The van der Waals surface area contributed by atoms with Crippen LogP contribution >= 0.6 is 15.9 Å². The van der Waals surface area contributed by atoms with Crippen LogP contribution in [0, 0.1) is 0 Å². The standard InChI is InChI=1S/C6H8BrN/c1-3-4-5-6(7)8-2/h3-5H,1H2,2H3/b5-4-,8-6?. The highest BCUT2D eigenvalue weighted by molar-refractivity contribution is 9.18. The van der Waals surface area contributed by atoms with Gasteiger partial charge in [-0.05, 0) is 22.0 Å². The van der Waals surface area contributed by atoms with Crippen LogP contribution in [0.15, 0.2) is 29.8 Å². The molecule has 0 aliphatic heterocycles. The molecular weight excluding hydrogens is 166 g/mol. The number of rotatable bonds is 2. The van der Waals surface area contributed by atoms with E-state index in [4.69, 9.17) is 0 Å². The maximum Gasteiger partial charge on any atom is 0.0997 e. The Labute approximate surface area is 57.9 Å². The summed E-state index contributed by atoms with van der Waals surface area (Å²) in [5.74, 6) is 0. The minimum Gasteiger partial charge on any atom is -0.281 e. The zero-order chi connectivity index (χ0) is 6.41. The van der Waals surface area contributed by atoms with Crippen LogP contribution < -0.4 is 0 Å². The number of hydrogen-bond acceptors (Lipinski definition) is 1. The van der Waals surface area contributed by atoms with E-state index in [9.17, 15) is 0 Å². The van der Waals surface area contributed by atoms with Gasteiger partial charge >= 0.3 is 0 Å². The maximum atomic E-state index is 3.82. The minimum absolute atomic E-state index is 0.831. The van der Waals surface area contributed by atoms with Crippen LogP contribution in [0.1, 0.15) is 0 Å². The molecule has 8 heavy (non-hydrogen) atoms. The fourth-order valence-corrected chi connectivity index (χ4v) is 0.375. The van der Waals surface area contributed by atoms with Crippen LogP contribution in [0.4, 0.5) is 0 Å². The quantitative estimate of drug-likeness (QED) is 0.449. The molecule has 0 radical (unpaired) electrons. The normalized spacial score (nSPS) is 12.5. The van der Waals surface area contributed by atoms with Gasteiger partial charge in [-0.2, -0.15) is 0 Å². The smallest absolute Gasteiger partial charge is 0.0997 e. The van der Waals surface area contributed by atoms with E-state index in [1.165, 1.54) is 0 Å². The second-order valence-corrected chi connectivity index (χ2v) is 1.95. The SMILES string of the molecule is C=C/C=C\C(Br)=NC. The van der Waals surface area contributed by atoms with Gasteiger partial charge in [-0.25, -0.2) is 0 Å². The molecule has 0 fully saturated rings. The molecule has 0 rings (SSSR count). The first-order valence-electron chi connectivity index (χ1n) is 2.22. The average Bonchev–Trinajstić information content (AvgIpc) is 1.83. The highest BCUT2D eigenvalue weighted by atomic mass is 79.9. The second-order valence-electron chi connectivity index (χ2n) is 1.14. The van der Waals surface area contributed by atoms with Crippen molar-refractivity contribution in [1.29, 1.82) is 0 Å². The van der Waals surface area contributed by atoms with E-state index in [0.29, 0.717) is 0 Å². The third kappa shape index (κ3) is 3.81. The predicted molar refractivity (Wildman–Crippen MR) is 41.6 cm³/mol. The summed E-state index contributed by atoms with van der Waals surface area (Å²) < 4.78 is 0.831. The van der Waals surface area contributed by atoms with Crippen LogP contribution in [-0.4, -0.2) is 11.7 Å². The van der Waals surface area contributed by atoms with Gasteiger partial charge in [0.15, 0.2) is 0 Å². The summed E-state index contributed by atoms with van der Waals surface area (Å²) in [6, 6.07) is 0. The Bertz CT molecular complexity index is 124. The molecule has 0 unspecified atom stereocenters. The Balaban J connectivity index is 3.69. The van der Waals surface area contributed by atoms with Gasteiger partial charge in [-0.1, -0.05) is 18.7 Å². The molecular formula is C6H8BrN. The molecule has 0 amide bonds. The molecule has 0 saturated carbocycles. The van der Waals surface area contributed by atoms with Crippen molar-refractivity contribution in [2.24, 2.45) is 4.99 Å². The Kier molecular flexibility index (Phi) is 4.56. The van der Waals surface area contributed by atoms with Gasteiger partial charge in [0.2, 0.25) is 0 Å². The summed E-state index contributed by atoms with van der Waals surface area (Å²) in [7, 11) is 1.72. The Morgan fingerprint density at radius 1 is 1.75 bits per heavy atom. The van der Waals surface area contributed by atoms with Crippen LogP contribution in [0.3, 0.4) is 0 Å². The van der Waals surface area contributed by atoms with Crippen LogP contribution in [-0.2, 0) is 0 Å². The third-order valence-corrected chi connectivity index (χ3v) is 1.20. The molecule has 0 saturated heterocycles. The Morgan fingerprint density at radius 2 is 2.38 bits per heavy atom. The molecule has 0 N–H and O–H groups in total. The van der Waals surface area contributed by atoms with Gasteiger partial charge in [0.1, 0.15) is 0 Å². The van der Waals surface area contributed by atoms with E-state index in [2.05, 4.69) is 27.5 Å². The van der Waals surface area contributed by atoms with Crippen molar-refractivity contribution in [2.45, 2.75) is 0 Å². The first-order chi connectivity index (χ1) is 3.81. The van der Waals surface area contributed by atoms with E-state index in [-0.39, 0.29) is 0 Å². The van der Waals surface area contributed by atoms with Gasteiger partial charge in [-0.15, -0.1) is 0 Å². The van der Waals surface area contributed by atoms with Crippen molar-refractivity contribution in [2.75, 3.05) is 7.05 Å². The summed E-state index contributed by atoms with van der Waals surface area (Å²) >= 11 is 3.19. The lowest BCUT2D eigenvalue weighted by Crippen LogP contribution is -1.73. The fourth-order valence-electron chi connectivity index (χ4n) is 0.222. The van der Waals surface area contributed by atoms with Crippen molar-refractivity contribution < 1.29 is 0 Å². The predicted octanol–water partition coefficient (Wildman–Crippen LogP) is 2.15. The summed E-state index contributed by atoms with van der Waals surface area (Å²) in [4.78, 5) is 3.82. The van der Waals surface area contributed by atoms with Gasteiger partial charge in [-0.3, -0.25) is 4.99 Å². The molecule has 0 aliphatic rings. The first kappa shape index (κ1) is 7.63. The fraction of sp³-hybridized carbons (Fsp3) is 0.167. The molecule has 0 spiro atoms. The lowest BCUT2D eigenvalue weighted by molar-refractivity contribution is 1.47. The Hall–Kier alpha value is -0.370. The molecule has 0 aliphatic carbocycles. The van der Waals surface area contributed by atoms with Crippen LogP contribution in [0.25, 0.3) is 0 Å². The minimum atomic E-state index is 0.831. The van der Waals surface area contributed by atoms with E-state index >= 15 is 0 Å². The molecule has 0 aromatic rings. The van der Waals surface area contributed by atoms with Crippen molar-refractivity contribution >= 4 is 20.6 Å². The number of nitrogens with zero attached hydrogens (tertiary/aromatic N) is 1. The summed E-state index contributed by atoms with van der Waals surface area (Å²) in [5, 5.41) is 0. The van der Waals surface area contributed by atoms with E-state index < -0.39 is 0 Å². The van der Waals surface area contributed by atoms with E-state index in [1.54, 1.807) is 13.1 Å². The zero-order valence-electron chi connectivity index (χ0n) is 4.76. The molecule has 0 bridgehead atoms. The molecule has 0 aromatic carbocycles. The van der Waals surface area contributed by atoms with E-state index in [0.717, 1.165) is 4.62 Å². The second kappa shape index (κ2) is 4.78. The highest BCUT2D eigenvalue weighted by Gasteiger charge is 1.75. The summed E-state index contributed by atoms with van der Waals surface area (Å²) in [5.41, 5.74) is 0. The van der Waals surface area contributed by atoms with Gasteiger partial charge < -0.3 is 0 Å². The third-order valence-electron chi connectivity index (χ3n) is 0.583. The topological polar surface area (TPSA) is 12.4 Å². The Morgan fingerprint density at radius 3 is 2.75 bits per heavy atom. The number of hydrogen-bond donors (Lipinski definition) is 0. The monoisotopic (exact) mass is 173 g/mol. The van der Waals surface area contributed by atoms with Crippen LogP contribution in [0.2, 0.25) is 0 Å². The molecule has 1 nitrogen and oxygen atoms in total. The number of halogens is 1. The zero-order valence-corrected chi connectivity index (χ0v) is 6.35. The summed E-state index contributed by atoms with van der Waals surface area (Å²) in [6.45, 7) is 3.50. The van der Waals surface area contributed by atoms with Crippen LogP contribution in [0.5, 0.6) is 0 Å². The number of aliphatic imine (C=N–C) groups is 1.